The van der Waals surface area contributed by atoms with E-state index in [9.17, 15) is 0 Å². The minimum absolute atomic E-state index is 0.172. The first-order valence-corrected chi connectivity index (χ1v) is 8.08. The molecule has 0 amide bonds. The Morgan fingerprint density at radius 3 is 2.91 bits per heavy atom. The number of aromatic nitrogens is 2. The van der Waals surface area contributed by atoms with Gasteiger partial charge in [0.2, 0.25) is 0 Å². The van der Waals surface area contributed by atoms with Crippen LogP contribution in [0.2, 0.25) is 0 Å². The second-order valence-electron chi connectivity index (χ2n) is 6.31. The lowest BCUT2D eigenvalue weighted by Gasteiger charge is -2.15. The molecule has 2 heterocycles. The van der Waals surface area contributed by atoms with Gasteiger partial charge in [-0.3, -0.25) is 0 Å². The first-order chi connectivity index (χ1) is 11.3. The van der Waals surface area contributed by atoms with Gasteiger partial charge in [-0.1, -0.05) is 23.4 Å². The molecule has 6 heteroatoms. The zero-order chi connectivity index (χ0) is 15.9. The highest BCUT2D eigenvalue weighted by Gasteiger charge is 2.52. The minimum atomic E-state index is -0.189. The molecule has 1 aliphatic carbocycles. The number of methoxy groups -OCH3 is 1. The molecule has 1 saturated carbocycles. The molecule has 0 unspecified atom stereocenters. The maximum absolute atomic E-state index is 5.81. The van der Waals surface area contributed by atoms with Crippen LogP contribution in [0.1, 0.15) is 42.6 Å². The predicted octanol–water partition coefficient (Wildman–Crippen LogP) is 2.19. The molecule has 1 saturated heterocycles. The summed E-state index contributed by atoms with van der Waals surface area (Å²) in [6, 6.07) is 8.04. The van der Waals surface area contributed by atoms with Gasteiger partial charge in [-0.2, -0.15) is 4.98 Å². The Hall–Kier alpha value is -1.92. The van der Waals surface area contributed by atoms with Crippen LogP contribution in [0.15, 0.2) is 28.8 Å². The molecule has 0 bridgehead atoms. The van der Waals surface area contributed by atoms with Gasteiger partial charge in [0, 0.05) is 18.1 Å². The first kappa shape index (κ1) is 14.7. The van der Waals surface area contributed by atoms with Crippen molar-refractivity contribution in [3.8, 4) is 5.75 Å². The van der Waals surface area contributed by atoms with Gasteiger partial charge in [0.1, 0.15) is 11.9 Å². The molecular weight excluding hydrogens is 294 g/mol. The fourth-order valence-corrected chi connectivity index (χ4v) is 3.47. The third-order valence-electron chi connectivity index (χ3n) is 5.00. The monoisotopic (exact) mass is 315 g/mol. The zero-order valence-electron chi connectivity index (χ0n) is 13.2. The summed E-state index contributed by atoms with van der Waals surface area (Å²) >= 11 is 0. The lowest BCUT2D eigenvalue weighted by molar-refractivity contribution is 0.0642. The number of nitrogens with two attached hydrogens (primary N) is 1. The van der Waals surface area contributed by atoms with Gasteiger partial charge in [0.15, 0.2) is 5.82 Å². The van der Waals surface area contributed by atoms with Crippen molar-refractivity contribution in [1.29, 1.82) is 0 Å². The van der Waals surface area contributed by atoms with Crippen LogP contribution in [0.5, 0.6) is 5.75 Å². The summed E-state index contributed by atoms with van der Waals surface area (Å²) in [6.07, 6.45) is 2.77. The van der Waals surface area contributed by atoms with Crippen molar-refractivity contribution < 1.29 is 14.0 Å². The highest BCUT2D eigenvalue weighted by Crippen LogP contribution is 2.55. The highest BCUT2D eigenvalue weighted by molar-refractivity contribution is 5.47. The average molecular weight is 315 g/mol. The molecule has 23 heavy (non-hydrogen) atoms. The number of benzene rings is 1. The Kier molecular flexibility index (Phi) is 3.58. The third-order valence-corrected chi connectivity index (χ3v) is 5.00. The normalized spacial score (nSPS) is 25.5. The van der Waals surface area contributed by atoms with Gasteiger partial charge >= 0.3 is 0 Å². The molecule has 2 fully saturated rings. The van der Waals surface area contributed by atoms with Crippen LogP contribution in [0, 0.1) is 5.92 Å². The molecule has 0 spiro atoms. The molecule has 4 rings (SSSR count). The second-order valence-corrected chi connectivity index (χ2v) is 6.31. The molecule has 1 aromatic carbocycles. The Labute approximate surface area is 135 Å². The molecule has 2 N–H and O–H groups in total. The van der Waals surface area contributed by atoms with E-state index in [0.717, 1.165) is 36.4 Å². The van der Waals surface area contributed by atoms with E-state index in [0.29, 0.717) is 19.0 Å². The molecule has 1 aliphatic heterocycles. The summed E-state index contributed by atoms with van der Waals surface area (Å²) in [5.74, 6) is 2.40. The van der Waals surface area contributed by atoms with Gasteiger partial charge < -0.3 is 19.7 Å². The summed E-state index contributed by atoms with van der Waals surface area (Å²) in [6.45, 7) is 1.27. The topological polar surface area (TPSA) is 83.4 Å². The van der Waals surface area contributed by atoms with Crippen molar-refractivity contribution in [1.82, 2.24) is 10.1 Å². The van der Waals surface area contributed by atoms with Gasteiger partial charge in [-0.25, -0.2) is 0 Å². The lowest BCUT2D eigenvalue weighted by Crippen LogP contribution is -2.18. The van der Waals surface area contributed by atoms with E-state index >= 15 is 0 Å². The first-order valence-electron chi connectivity index (χ1n) is 8.08. The second kappa shape index (κ2) is 5.62. The number of rotatable bonds is 5. The summed E-state index contributed by atoms with van der Waals surface area (Å²) in [5, 5.41) is 4.25. The van der Waals surface area contributed by atoms with Crippen molar-refractivity contribution in [2.75, 3.05) is 20.3 Å². The maximum Gasteiger partial charge on any atom is 0.256 e. The van der Waals surface area contributed by atoms with Crippen molar-refractivity contribution in [3.05, 3.63) is 41.5 Å². The predicted molar refractivity (Wildman–Crippen MR) is 83.2 cm³/mol. The van der Waals surface area contributed by atoms with E-state index in [2.05, 4.69) is 16.2 Å². The molecule has 6 nitrogen and oxygen atoms in total. The van der Waals surface area contributed by atoms with Crippen LogP contribution < -0.4 is 10.5 Å². The number of nitrogens with zero attached hydrogens (tertiary/aromatic N) is 2. The Morgan fingerprint density at radius 1 is 1.35 bits per heavy atom. The van der Waals surface area contributed by atoms with E-state index in [1.165, 1.54) is 0 Å². The van der Waals surface area contributed by atoms with Crippen LogP contribution >= 0.6 is 0 Å². The van der Waals surface area contributed by atoms with Gasteiger partial charge in [0.05, 0.1) is 12.5 Å². The van der Waals surface area contributed by atoms with Crippen LogP contribution in [-0.4, -0.2) is 30.4 Å². The number of hydrogen-bond donors (Lipinski definition) is 1. The molecule has 0 radical (unpaired) electrons. The number of para-hydroxylation sites is 1. The summed E-state index contributed by atoms with van der Waals surface area (Å²) in [7, 11) is 1.69. The van der Waals surface area contributed by atoms with E-state index in [1.54, 1.807) is 7.11 Å². The van der Waals surface area contributed by atoms with E-state index in [1.807, 2.05) is 18.2 Å². The van der Waals surface area contributed by atoms with Gasteiger partial charge in [-0.15, -0.1) is 0 Å². The lowest BCUT2D eigenvalue weighted by atomic mass is 9.94. The number of hydrogen-bond acceptors (Lipinski definition) is 6. The van der Waals surface area contributed by atoms with Gasteiger partial charge in [-0.05, 0) is 31.9 Å². The zero-order valence-corrected chi connectivity index (χ0v) is 13.2. The van der Waals surface area contributed by atoms with Crippen molar-refractivity contribution in [2.45, 2.75) is 30.8 Å². The van der Waals surface area contributed by atoms with E-state index in [4.69, 9.17) is 19.7 Å². The smallest absolute Gasteiger partial charge is 0.256 e. The van der Waals surface area contributed by atoms with Gasteiger partial charge in [0.25, 0.3) is 5.89 Å². The molecular formula is C17H21N3O3. The fourth-order valence-electron chi connectivity index (χ4n) is 3.47. The van der Waals surface area contributed by atoms with Crippen LogP contribution in [0.4, 0.5) is 0 Å². The van der Waals surface area contributed by atoms with E-state index < -0.39 is 0 Å². The maximum atomic E-state index is 5.81. The quantitative estimate of drug-likeness (QED) is 0.910. The van der Waals surface area contributed by atoms with Crippen LogP contribution in [0.3, 0.4) is 0 Å². The average Bonchev–Trinajstić information content (AvgIpc) is 3.03. The third kappa shape index (κ3) is 2.33. The Balaban J connectivity index is 1.66. The molecule has 1 aromatic heterocycles. The van der Waals surface area contributed by atoms with Crippen molar-refractivity contribution >= 4 is 0 Å². The standard InChI is InChI=1S/C17H21N3O3/c1-21-13-5-3-2-4-12(13)17(7-8-17)16-19-15(23-20-16)14-11(10-18)6-9-22-14/h2-5,11,14H,6-10,18H2,1H3/t11-,14-/m0/s1. The fraction of sp³-hybridized carbons (Fsp3) is 0.529. The van der Waals surface area contributed by atoms with Crippen molar-refractivity contribution in [3.63, 3.8) is 0 Å². The summed E-state index contributed by atoms with van der Waals surface area (Å²) < 4.78 is 16.8. The highest BCUT2D eigenvalue weighted by atomic mass is 16.5. The molecule has 2 atom stereocenters. The molecule has 122 valence electrons. The van der Waals surface area contributed by atoms with Crippen molar-refractivity contribution in [2.24, 2.45) is 11.7 Å². The molecule has 2 aromatic rings. The summed E-state index contributed by atoms with van der Waals surface area (Å²) in [4.78, 5) is 4.66. The van der Waals surface area contributed by atoms with E-state index in [-0.39, 0.29) is 17.4 Å². The van der Waals surface area contributed by atoms with Crippen LogP contribution in [0.25, 0.3) is 0 Å². The van der Waals surface area contributed by atoms with Crippen LogP contribution in [-0.2, 0) is 10.2 Å². The minimum Gasteiger partial charge on any atom is -0.496 e. The Bertz CT molecular complexity index is 696. The largest absolute Gasteiger partial charge is 0.496 e. The number of ether oxygens (including phenoxy) is 2. The SMILES string of the molecule is COc1ccccc1C1(c2noc([C@H]3OCC[C@H]3CN)n2)CC1. The molecule has 2 aliphatic rings. The summed E-state index contributed by atoms with van der Waals surface area (Å²) in [5.41, 5.74) is 6.74. The Morgan fingerprint density at radius 2 is 2.17 bits per heavy atom.